The Hall–Kier alpha value is -2.13. The summed E-state index contributed by atoms with van der Waals surface area (Å²) in [4.78, 5) is 25.4. The molecule has 1 saturated heterocycles. The van der Waals surface area contributed by atoms with Crippen LogP contribution in [0.25, 0.3) is 0 Å². The van der Waals surface area contributed by atoms with Crippen molar-refractivity contribution in [3.8, 4) is 0 Å². The zero-order chi connectivity index (χ0) is 20.8. The standard InChI is InChI=1S/C19H22Cl2N4O4/c1-12(26)23-18-7-14(29-24-18)8-19(27)22-9-15-11-25(4-5-28-15)10-13-2-3-16(20)17(21)6-13/h2-3,6-7,15H,4-5,8-11H2,1H3,(H,22,27)(H,23,24,26)/t15-/m0/s1. The fourth-order valence-corrected chi connectivity index (χ4v) is 3.35. The summed E-state index contributed by atoms with van der Waals surface area (Å²) in [5.41, 5.74) is 1.07. The molecule has 1 aromatic heterocycles. The lowest BCUT2D eigenvalue weighted by molar-refractivity contribution is -0.122. The highest BCUT2D eigenvalue weighted by Crippen LogP contribution is 2.23. The number of carbonyl (C=O) groups is 2. The van der Waals surface area contributed by atoms with E-state index in [4.69, 9.17) is 32.5 Å². The molecule has 29 heavy (non-hydrogen) atoms. The smallest absolute Gasteiger partial charge is 0.227 e. The van der Waals surface area contributed by atoms with Crippen molar-refractivity contribution in [2.45, 2.75) is 26.0 Å². The molecule has 2 N–H and O–H groups in total. The second kappa shape index (κ2) is 10.1. The van der Waals surface area contributed by atoms with Gasteiger partial charge in [-0.05, 0) is 17.7 Å². The zero-order valence-corrected chi connectivity index (χ0v) is 17.4. The first-order chi connectivity index (χ1) is 13.9. The molecule has 0 spiro atoms. The number of nitrogens with one attached hydrogen (secondary N) is 2. The summed E-state index contributed by atoms with van der Waals surface area (Å²) in [6, 6.07) is 7.13. The van der Waals surface area contributed by atoms with Gasteiger partial charge in [0.25, 0.3) is 0 Å². The molecule has 3 rings (SSSR count). The molecule has 8 nitrogen and oxygen atoms in total. The SMILES string of the molecule is CC(=O)Nc1cc(CC(=O)NC[C@H]2CN(Cc3ccc(Cl)c(Cl)c3)CCO2)on1. The maximum Gasteiger partial charge on any atom is 0.227 e. The zero-order valence-electron chi connectivity index (χ0n) is 15.9. The van der Waals surface area contributed by atoms with Gasteiger partial charge in [0.2, 0.25) is 11.8 Å². The molecule has 0 aliphatic carbocycles. The highest BCUT2D eigenvalue weighted by molar-refractivity contribution is 6.42. The van der Waals surface area contributed by atoms with E-state index in [2.05, 4.69) is 20.7 Å². The van der Waals surface area contributed by atoms with Crippen LogP contribution in [0.5, 0.6) is 0 Å². The average Bonchev–Trinajstić information content (AvgIpc) is 3.09. The third-order valence-corrected chi connectivity index (χ3v) is 5.08. The lowest BCUT2D eigenvalue weighted by atomic mass is 10.2. The van der Waals surface area contributed by atoms with Crippen LogP contribution in [0.15, 0.2) is 28.8 Å². The van der Waals surface area contributed by atoms with Gasteiger partial charge >= 0.3 is 0 Å². The number of morpholine rings is 1. The number of aromatic nitrogens is 1. The average molecular weight is 441 g/mol. The Labute approximate surface area is 178 Å². The molecule has 2 aromatic rings. The summed E-state index contributed by atoms with van der Waals surface area (Å²) in [7, 11) is 0. The Morgan fingerprint density at radius 2 is 2.10 bits per heavy atom. The predicted molar refractivity (Wildman–Crippen MR) is 109 cm³/mol. The second-order valence-corrected chi connectivity index (χ2v) is 7.63. The van der Waals surface area contributed by atoms with Crippen LogP contribution >= 0.6 is 23.2 Å². The van der Waals surface area contributed by atoms with Crippen molar-refractivity contribution in [3.63, 3.8) is 0 Å². The van der Waals surface area contributed by atoms with Gasteiger partial charge in [-0.3, -0.25) is 14.5 Å². The van der Waals surface area contributed by atoms with Crippen molar-refractivity contribution in [1.82, 2.24) is 15.4 Å². The van der Waals surface area contributed by atoms with Gasteiger partial charge in [-0.1, -0.05) is 34.4 Å². The molecule has 1 aliphatic rings. The summed E-state index contributed by atoms with van der Waals surface area (Å²) >= 11 is 12.0. The Morgan fingerprint density at radius 1 is 1.28 bits per heavy atom. The minimum atomic E-state index is -0.255. The van der Waals surface area contributed by atoms with Gasteiger partial charge in [0.05, 0.1) is 29.2 Å². The molecule has 0 unspecified atom stereocenters. The Morgan fingerprint density at radius 3 is 2.86 bits per heavy atom. The number of ether oxygens (including phenoxy) is 1. The van der Waals surface area contributed by atoms with Gasteiger partial charge in [0.1, 0.15) is 5.76 Å². The van der Waals surface area contributed by atoms with Gasteiger partial charge in [0, 0.05) is 39.2 Å². The molecule has 0 bridgehead atoms. The molecule has 1 aromatic carbocycles. The predicted octanol–water partition coefficient (Wildman–Crippen LogP) is 2.50. The van der Waals surface area contributed by atoms with Crippen LogP contribution in [0.1, 0.15) is 18.2 Å². The molecule has 1 fully saturated rings. The molecule has 0 radical (unpaired) electrons. The molecule has 10 heteroatoms. The molecular weight excluding hydrogens is 419 g/mol. The highest BCUT2D eigenvalue weighted by Gasteiger charge is 2.21. The molecule has 1 aliphatic heterocycles. The summed E-state index contributed by atoms with van der Waals surface area (Å²) in [6.07, 6.45) is -0.0770. The van der Waals surface area contributed by atoms with Crippen molar-refractivity contribution < 1.29 is 18.8 Å². The van der Waals surface area contributed by atoms with Crippen LogP contribution in [0.3, 0.4) is 0 Å². The minimum Gasteiger partial charge on any atom is -0.374 e. The van der Waals surface area contributed by atoms with Gasteiger partial charge in [-0.15, -0.1) is 0 Å². The van der Waals surface area contributed by atoms with E-state index in [1.807, 2.05) is 12.1 Å². The summed E-state index contributed by atoms with van der Waals surface area (Å²) in [6.45, 7) is 4.57. The largest absolute Gasteiger partial charge is 0.374 e. The van der Waals surface area contributed by atoms with Crippen molar-refractivity contribution in [1.29, 1.82) is 0 Å². The molecule has 1 atom stereocenters. The molecule has 0 saturated carbocycles. The van der Waals surface area contributed by atoms with Crippen LogP contribution < -0.4 is 10.6 Å². The van der Waals surface area contributed by atoms with Gasteiger partial charge in [-0.25, -0.2) is 0 Å². The van der Waals surface area contributed by atoms with Crippen LogP contribution in [-0.4, -0.2) is 54.2 Å². The monoisotopic (exact) mass is 440 g/mol. The Bertz CT molecular complexity index is 874. The third kappa shape index (κ3) is 6.71. The summed E-state index contributed by atoms with van der Waals surface area (Å²) in [5.74, 6) is 0.195. The van der Waals surface area contributed by atoms with Gasteiger partial charge in [-0.2, -0.15) is 0 Å². The van der Waals surface area contributed by atoms with E-state index < -0.39 is 0 Å². The fraction of sp³-hybridized carbons (Fsp3) is 0.421. The van der Waals surface area contributed by atoms with Crippen molar-refractivity contribution in [3.05, 3.63) is 45.6 Å². The van der Waals surface area contributed by atoms with E-state index in [-0.39, 0.29) is 30.2 Å². The molecular formula is C19H22Cl2N4O4. The number of nitrogens with zero attached hydrogens (tertiary/aromatic N) is 2. The Kier molecular flexibility index (Phi) is 7.49. The fourth-order valence-electron chi connectivity index (χ4n) is 3.03. The number of hydrogen-bond donors (Lipinski definition) is 2. The number of amides is 2. The second-order valence-electron chi connectivity index (χ2n) is 6.82. The van der Waals surface area contributed by atoms with E-state index in [0.717, 1.165) is 18.7 Å². The normalized spacial score (nSPS) is 17.1. The number of hydrogen-bond acceptors (Lipinski definition) is 6. The first kappa shape index (κ1) is 21.6. The number of anilines is 1. The summed E-state index contributed by atoms with van der Waals surface area (Å²) < 4.78 is 10.8. The van der Waals surface area contributed by atoms with Crippen molar-refractivity contribution in [2.75, 3.05) is 31.6 Å². The third-order valence-electron chi connectivity index (χ3n) is 4.34. The van der Waals surface area contributed by atoms with Crippen molar-refractivity contribution >= 4 is 40.8 Å². The molecule has 2 heterocycles. The number of halogens is 2. The van der Waals surface area contributed by atoms with E-state index in [1.54, 1.807) is 6.07 Å². The topological polar surface area (TPSA) is 96.7 Å². The maximum atomic E-state index is 12.1. The van der Waals surface area contributed by atoms with Crippen LogP contribution in [0, 0.1) is 0 Å². The number of carbonyl (C=O) groups excluding carboxylic acids is 2. The maximum absolute atomic E-state index is 12.1. The van der Waals surface area contributed by atoms with Crippen LogP contribution in [0.2, 0.25) is 10.0 Å². The number of rotatable bonds is 7. The lowest BCUT2D eigenvalue weighted by Crippen LogP contribution is -2.47. The van der Waals surface area contributed by atoms with E-state index in [9.17, 15) is 9.59 Å². The number of benzene rings is 1. The van der Waals surface area contributed by atoms with Gasteiger partial charge < -0.3 is 19.9 Å². The van der Waals surface area contributed by atoms with Crippen molar-refractivity contribution in [2.24, 2.45) is 0 Å². The molecule has 156 valence electrons. The Balaban J connectivity index is 1.44. The first-order valence-corrected chi connectivity index (χ1v) is 9.92. The van der Waals surface area contributed by atoms with E-state index in [1.165, 1.54) is 13.0 Å². The summed E-state index contributed by atoms with van der Waals surface area (Å²) in [5, 5.41) is 10.1. The van der Waals surface area contributed by atoms with Crippen LogP contribution in [-0.2, 0) is 27.3 Å². The van der Waals surface area contributed by atoms with Crippen LogP contribution in [0.4, 0.5) is 5.82 Å². The van der Waals surface area contributed by atoms with Gasteiger partial charge in [0.15, 0.2) is 5.82 Å². The van der Waals surface area contributed by atoms with E-state index >= 15 is 0 Å². The quantitative estimate of drug-likeness (QED) is 0.686. The first-order valence-electron chi connectivity index (χ1n) is 9.17. The molecule has 2 amide bonds. The lowest BCUT2D eigenvalue weighted by Gasteiger charge is -2.33. The van der Waals surface area contributed by atoms with E-state index in [0.29, 0.717) is 35.5 Å². The minimum absolute atomic E-state index is 0.0340. The highest BCUT2D eigenvalue weighted by atomic mass is 35.5.